The molecule has 122 valence electrons. The van der Waals surface area contributed by atoms with Crippen LogP contribution in [0.2, 0.25) is 0 Å². The highest BCUT2D eigenvalue weighted by Gasteiger charge is 2.19. The highest BCUT2D eigenvalue weighted by atomic mass is 16.5. The van der Waals surface area contributed by atoms with Gasteiger partial charge in [-0.2, -0.15) is 5.10 Å². The number of ether oxygens (including phenoxy) is 1. The SMILES string of the molecule is Cc1nn(C)c(C)c1C(=O)N[C@H](C)Cc1ccc2c(c1)CCO2. The second-order valence-corrected chi connectivity index (χ2v) is 6.29. The largest absolute Gasteiger partial charge is 0.493 e. The van der Waals surface area contributed by atoms with E-state index in [1.807, 2.05) is 33.9 Å². The number of nitrogens with one attached hydrogen (secondary N) is 1. The summed E-state index contributed by atoms with van der Waals surface area (Å²) >= 11 is 0. The van der Waals surface area contributed by atoms with Crippen LogP contribution in [0.4, 0.5) is 0 Å². The molecule has 1 aromatic carbocycles. The van der Waals surface area contributed by atoms with Crippen LogP contribution in [0.3, 0.4) is 0 Å². The third-order valence-electron chi connectivity index (χ3n) is 4.41. The van der Waals surface area contributed by atoms with Crippen LogP contribution in [0.1, 0.15) is 39.8 Å². The third kappa shape index (κ3) is 3.09. The van der Waals surface area contributed by atoms with E-state index in [1.165, 1.54) is 11.1 Å². The summed E-state index contributed by atoms with van der Waals surface area (Å²) < 4.78 is 7.28. The van der Waals surface area contributed by atoms with Crippen LogP contribution >= 0.6 is 0 Å². The van der Waals surface area contributed by atoms with Crippen LogP contribution in [0.25, 0.3) is 0 Å². The van der Waals surface area contributed by atoms with Crippen LogP contribution < -0.4 is 10.1 Å². The maximum Gasteiger partial charge on any atom is 0.255 e. The molecule has 0 spiro atoms. The summed E-state index contributed by atoms with van der Waals surface area (Å²) in [6.07, 6.45) is 1.77. The molecule has 0 saturated carbocycles. The van der Waals surface area contributed by atoms with Gasteiger partial charge in [0.1, 0.15) is 5.75 Å². The minimum Gasteiger partial charge on any atom is -0.493 e. The van der Waals surface area contributed by atoms with E-state index in [1.54, 1.807) is 4.68 Å². The Labute approximate surface area is 136 Å². The average molecular weight is 313 g/mol. The number of nitrogens with zero attached hydrogens (tertiary/aromatic N) is 2. The van der Waals surface area contributed by atoms with Crippen molar-refractivity contribution in [1.29, 1.82) is 0 Å². The number of rotatable bonds is 4. The predicted octanol–water partition coefficient (Wildman–Crippen LogP) is 2.33. The quantitative estimate of drug-likeness (QED) is 0.942. The van der Waals surface area contributed by atoms with Gasteiger partial charge >= 0.3 is 0 Å². The number of carbonyl (C=O) groups excluding carboxylic acids is 1. The lowest BCUT2D eigenvalue weighted by molar-refractivity contribution is 0.0939. The van der Waals surface area contributed by atoms with E-state index in [0.29, 0.717) is 5.56 Å². The maximum absolute atomic E-state index is 12.5. The zero-order valence-electron chi connectivity index (χ0n) is 14.1. The molecule has 1 atom stereocenters. The van der Waals surface area contributed by atoms with Crippen molar-refractivity contribution in [2.75, 3.05) is 6.61 Å². The molecule has 5 heteroatoms. The van der Waals surface area contributed by atoms with Gasteiger partial charge in [0, 0.05) is 25.2 Å². The Balaban J connectivity index is 1.67. The van der Waals surface area contributed by atoms with E-state index in [9.17, 15) is 4.79 Å². The molecule has 23 heavy (non-hydrogen) atoms. The van der Waals surface area contributed by atoms with Crippen LogP contribution in [0, 0.1) is 13.8 Å². The van der Waals surface area contributed by atoms with E-state index in [2.05, 4.69) is 22.5 Å². The highest BCUT2D eigenvalue weighted by molar-refractivity contribution is 5.96. The van der Waals surface area contributed by atoms with Crippen molar-refractivity contribution in [3.63, 3.8) is 0 Å². The number of carbonyl (C=O) groups is 1. The van der Waals surface area contributed by atoms with Crippen LogP contribution in [-0.2, 0) is 19.9 Å². The van der Waals surface area contributed by atoms with Gasteiger partial charge in [0.05, 0.1) is 17.9 Å². The van der Waals surface area contributed by atoms with E-state index in [0.717, 1.165) is 36.6 Å². The monoisotopic (exact) mass is 313 g/mol. The first-order valence-electron chi connectivity index (χ1n) is 8.01. The molecule has 0 bridgehead atoms. The normalized spacial score (nSPS) is 14.3. The van der Waals surface area contributed by atoms with Crippen molar-refractivity contribution in [3.8, 4) is 5.75 Å². The molecule has 2 heterocycles. The van der Waals surface area contributed by atoms with Gasteiger partial charge in [-0.15, -0.1) is 0 Å². The van der Waals surface area contributed by atoms with Crippen molar-refractivity contribution in [2.45, 2.75) is 39.7 Å². The zero-order chi connectivity index (χ0) is 16.6. The second kappa shape index (κ2) is 6.07. The lowest BCUT2D eigenvalue weighted by Crippen LogP contribution is -2.34. The average Bonchev–Trinajstić information content (AvgIpc) is 3.03. The van der Waals surface area contributed by atoms with E-state index < -0.39 is 0 Å². The summed E-state index contributed by atoms with van der Waals surface area (Å²) in [5.41, 5.74) is 4.83. The van der Waals surface area contributed by atoms with Gasteiger partial charge in [-0.1, -0.05) is 12.1 Å². The molecule has 0 saturated heterocycles. The van der Waals surface area contributed by atoms with Gasteiger partial charge < -0.3 is 10.1 Å². The van der Waals surface area contributed by atoms with E-state index >= 15 is 0 Å². The van der Waals surface area contributed by atoms with Gasteiger partial charge in [-0.25, -0.2) is 0 Å². The highest BCUT2D eigenvalue weighted by Crippen LogP contribution is 2.26. The fourth-order valence-electron chi connectivity index (χ4n) is 3.17. The summed E-state index contributed by atoms with van der Waals surface area (Å²) in [5.74, 6) is 0.942. The zero-order valence-corrected chi connectivity index (χ0v) is 14.1. The second-order valence-electron chi connectivity index (χ2n) is 6.29. The van der Waals surface area contributed by atoms with Gasteiger partial charge in [-0.3, -0.25) is 9.48 Å². The number of fused-ring (bicyclic) bond motifs is 1. The molecule has 1 amide bonds. The molecular weight excluding hydrogens is 290 g/mol. The number of aromatic nitrogens is 2. The van der Waals surface area contributed by atoms with Crippen molar-refractivity contribution < 1.29 is 9.53 Å². The summed E-state index contributed by atoms with van der Waals surface area (Å²) in [6.45, 7) is 6.58. The molecule has 0 radical (unpaired) electrons. The molecule has 1 aliphatic heterocycles. The Kier molecular flexibility index (Phi) is 4.11. The lowest BCUT2D eigenvalue weighted by atomic mass is 10.0. The van der Waals surface area contributed by atoms with Crippen LogP contribution in [0.5, 0.6) is 5.75 Å². The minimum absolute atomic E-state index is 0.0508. The van der Waals surface area contributed by atoms with Gasteiger partial charge in [0.2, 0.25) is 0 Å². The number of aryl methyl sites for hydroxylation is 2. The van der Waals surface area contributed by atoms with Crippen molar-refractivity contribution in [1.82, 2.24) is 15.1 Å². The first-order valence-corrected chi connectivity index (χ1v) is 8.01. The van der Waals surface area contributed by atoms with E-state index in [4.69, 9.17) is 4.74 Å². The fourth-order valence-corrected chi connectivity index (χ4v) is 3.17. The molecule has 3 rings (SSSR count). The van der Waals surface area contributed by atoms with Gasteiger partial charge in [0.25, 0.3) is 5.91 Å². The Bertz CT molecular complexity index is 749. The molecule has 1 aliphatic rings. The number of hydrogen-bond acceptors (Lipinski definition) is 3. The molecular formula is C18H23N3O2. The van der Waals surface area contributed by atoms with Crippen LogP contribution in [0.15, 0.2) is 18.2 Å². The topological polar surface area (TPSA) is 56.2 Å². The van der Waals surface area contributed by atoms with Crippen LogP contribution in [-0.4, -0.2) is 28.3 Å². The van der Waals surface area contributed by atoms with Crippen molar-refractivity contribution in [2.24, 2.45) is 7.05 Å². The predicted molar refractivity (Wildman–Crippen MR) is 89.0 cm³/mol. The first kappa shape index (κ1) is 15.6. The Morgan fingerprint density at radius 2 is 2.22 bits per heavy atom. The Hall–Kier alpha value is -2.30. The standard InChI is InChI=1S/C18H23N3O2/c1-11(9-14-5-6-16-15(10-14)7-8-23-16)19-18(22)17-12(2)20-21(4)13(17)3/h5-6,10-11H,7-9H2,1-4H3,(H,19,22)/t11-/m1/s1. The number of benzene rings is 1. The summed E-state index contributed by atoms with van der Waals surface area (Å²) in [4.78, 5) is 12.5. The number of hydrogen-bond donors (Lipinski definition) is 1. The molecule has 0 aliphatic carbocycles. The summed E-state index contributed by atoms with van der Waals surface area (Å²) in [6, 6.07) is 6.35. The van der Waals surface area contributed by atoms with Gasteiger partial charge in [-0.05, 0) is 44.4 Å². The Morgan fingerprint density at radius 3 is 2.91 bits per heavy atom. The van der Waals surface area contributed by atoms with E-state index in [-0.39, 0.29) is 11.9 Å². The lowest BCUT2D eigenvalue weighted by Gasteiger charge is -2.15. The summed E-state index contributed by atoms with van der Waals surface area (Å²) in [7, 11) is 1.86. The Morgan fingerprint density at radius 1 is 1.43 bits per heavy atom. The molecule has 1 N–H and O–H groups in total. The minimum atomic E-state index is -0.0508. The summed E-state index contributed by atoms with van der Waals surface area (Å²) in [5, 5.41) is 7.39. The van der Waals surface area contributed by atoms with Crippen molar-refractivity contribution >= 4 is 5.91 Å². The smallest absolute Gasteiger partial charge is 0.255 e. The number of amides is 1. The molecule has 2 aromatic rings. The fraction of sp³-hybridized carbons (Fsp3) is 0.444. The molecule has 1 aromatic heterocycles. The first-order chi connectivity index (χ1) is 11.0. The van der Waals surface area contributed by atoms with Gasteiger partial charge in [0.15, 0.2) is 0 Å². The van der Waals surface area contributed by atoms with Crippen molar-refractivity contribution in [3.05, 3.63) is 46.3 Å². The molecule has 5 nitrogen and oxygen atoms in total. The third-order valence-corrected chi connectivity index (χ3v) is 4.41. The molecule has 0 unspecified atom stereocenters. The molecule has 0 fully saturated rings. The maximum atomic E-state index is 12.5.